The number of likely N-dealkylation sites (tertiary alicyclic amines) is 1. The van der Waals surface area contributed by atoms with E-state index in [1.54, 1.807) is 17.0 Å². The summed E-state index contributed by atoms with van der Waals surface area (Å²) in [4.78, 5) is 24.4. The number of amides is 2. The highest BCUT2D eigenvalue weighted by molar-refractivity contribution is 6.32. The van der Waals surface area contributed by atoms with E-state index in [-0.39, 0.29) is 11.9 Å². The first-order chi connectivity index (χ1) is 10.6. The van der Waals surface area contributed by atoms with E-state index in [9.17, 15) is 9.59 Å². The van der Waals surface area contributed by atoms with Crippen LogP contribution in [-0.2, 0) is 4.79 Å². The van der Waals surface area contributed by atoms with Crippen molar-refractivity contribution in [2.45, 2.75) is 12.8 Å². The van der Waals surface area contributed by atoms with E-state index in [4.69, 9.17) is 21.4 Å². The molecular formula is C15H19ClN2O4. The van der Waals surface area contributed by atoms with Crippen molar-refractivity contribution in [3.05, 3.63) is 29.3 Å². The zero-order chi connectivity index (χ0) is 15.9. The molecule has 2 N–H and O–H groups in total. The Morgan fingerprint density at radius 1 is 1.32 bits per heavy atom. The molecule has 1 aliphatic rings. The number of para-hydroxylation sites is 1. The number of carboxylic acid groups (broad SMARTS) is 1. The molecular weight excluding hydrogens is 308 g/mol. The van der Waals surface area contributed by atoms with E-state index in [1.165, 1.54) is 0 Å². The summed E-state index contributed by atoms with van der Waals surface area (Å²) >= 11 is 5.96. The highest BCUT2D eigenvalue weighted by Gasteiger charge is 2.26. The Hall–Kier alpha value is -1.95. The fourth-order valence-corrected chi connectivity index (χ4v) is 2.51. The van der Waals surface area contributed by atoms with Crippen molar-refractivity contribution < 1.29 is 19.4 Å². The largest absolute Gasteiger partial charge is 0.490 e. The van der Waals surface area contributed by atoms with Crippen LogP contribution in [0, 0.1) is 5.92 Å². The first-order valence-corrected chi connectivity index (χ1v) is 7.58. The molecule has 0 aliphatic carbocycles. The second-order valence-electron chi connectivity index (χ2n) is 5.11. The third-order valence-corrected chi connectivity index (χ3v) is 3.92. The lowest BCUT2D eigenvalue weighted by Gasteiger charge is -2.30. The van der Waals surface area contributed by atoms with Gasteiger partial charge >= 0.3 is 12.0 Å². The number of nitrogens with one attached hydrogen (secondary N) is 1. The number of carbonyl (C=O) groups excluding carboxylic acids is 1. The second-order valence-corrected chi connectivity index (χ2v) is 5.52. The topological polar surface area (TPSA) is 78.9 Å². The molecule has 0 atom stereocenters. The zero-order valence-electron chi connectivity index (χ0n) is 12.1. The van der Waals surface area contributed by atoms with Gasteiger partial charge in [-0.1, -0.05) is 23.7 Å². The number of carboxylic acids is 1. The summed E-state index contributed by atoms with van der Waals surface area (Å²) in [5.41, 5.74) is 0. The lowest BCUT2D eigenvalue weighted by Crippen LogP contribution is -2.46. The molecule has 1 aromatic carbocycles. The highest BCUT2D eigenvalue weighted by atomic mass is 35.5. The minimum atomic E-state index is -0.784. The lowest BCUT2D eigenvalue weighted by atomic mass is 9.97. The number of nitrogens with zero attached hydrogens (tertiary/aromatic N) is 1. The predicted molar refractivity (Wildman–Crippen MR) is 82.3 cm³/mol. The van der Waals surface area contributed by atoms with Gasteiger partial charge in [0.15, 0.2) is 0 Å². The molecule has 2 amide bonds. The average Bonchev–Trinajstić information content (AvgIpc) is 2.53. The Bertz CT molecular complexity index is 530. The second kappa shape index (κ2) is 7.89. The number of halogens is 1. The van der Waals surface area contributed by atoms with E-state index < -0.39 is 5.97 Å². The first-order valence-electron chi connectivity index (χ1n) is 7.21. The van der Waals surface area contributed by atoms with Crippen LogP contribution in [0.4, 0.5) is 4.79 Å². The maximum Gasteiger partial charge on any atom is 0.317 e. The van der Waals surface area contributed by atoms with Crippen LogP contribution in [0.1, 0.15) is 12.8 Å². The Balaban J connectivity index is 1.66. The number of carbonyl (C=O) groups is 2. The maximum absolute atomic E-state index is 11.9. The van der Waals surface area contributed by atoms with E-state index in [1.807, 2.05) is 12.1 Å². The summed E-state index contributed by atoms with van der Waals surface area (Å²) in [5, 5.41) is 12.2. The van der Waals surface area contributed by atoms with Gasteiger partial charge in [-0.15, -0.1) is 0 Å². The van der Waals surface area contributed by atoms with Crippen LogP contribution in [0.5, 0.6) is 5.75 Å². The van der Waals surface area contributed by atoms with Gasteiger partial charge in [0, 0.05) is 13.1 Å². The van der Waals surface area contributed by atoms with Crippen LogP contribution in [0.2, 0.25) is 5.02 Å². The van der Waals surface area contributed by atoms with Gasteiger partial charge in [0.2, 0.25) is 0 Å². The molecule has 0 radical (unpaired) electrons. The van der Waals surface area contributed by atoms with Crippen LogP contribution in [-0.4, -0.2) is 48.2 Å². The molecule has 120 valence electrons. The minimum absolute atomic E-state index is 0.188. The quantitative estimate of drug-likeness (QED) is 0.813. The number of rotatable bonds is 5. The molecule has 0 saturated carbocycles. The summed E-state index contributed by atoms with van der Waals surface area (Å²) < 4.78 is 5.48. The monoisotopic (exact) mass is 326 g/mol. The molecule has 2 rings (SSSR count). The Labute approximate surface area is 134 Å². The molecule has 0 aromatic heterocycles. The summed E-state index contributed by atoms with van der Waals surface area (Å²) in [5.74, 6) is -0.540. The van der Waals surface area contributed by atoms with Crippen molar-refractivity contribution in [2.75, 3.05) is 26.2 Å². The van der Waals surface area contributed by atoms with Gasteiger partial charge in [0.25, 0.3) is 0 Å². The molecule has 1 aliphatic heterocycles. The summed E-state index contributed by atoms with van der Waals surface area (Å²) in [7, 11) is 0. The normalized spacial score (nSPS) is 15.4. The predicted octanol–water partition coefficient (Wildman–Crippen LogP) is 2.22. The van der Waals surface area contributed by atoms with Gasteiger partial charge in [-0.25, -0.2) is 4.79 Å². The maximum atomic E-state index is 11.9. The third kappa shape index (κ3) is 4.53. The van der Waals surface area contributed by atoms with Crippen LogP contribution in [0.25, 0.3) is 0 Å². The number of aliphatic carboxylic acids is 1. The first kappa shape index (κ1) is 16.4. The molecule has 1 heterocycles. The highest BCUT2D eigenvalue weighted by Crippen LogP contribution is 2.22. The SMILES string of the molecule is O=C(O)C1CCN(C(=O)NCCOc2ccccc2Cl)CC1. The van der Waals surface area contributed by atoms with Crippen molar-refractivity contribution in [3.63, 3.8) is 0 Å². The van der Waals surface area contributed by atoms with E-state index >= 15 is 0 Å². The smallest absolute Gasteiger partial charge is 0.317 e. The van der Waals surface area contributed by atoms with Gasteiger partial charge in [-0.2, -0.15) is 0 Å². The Morgan fingerprint density at radius 2 is 2.00 bits per heavy atom. The number of benzene rings is 1. The number of piperidine rings is 1. The zero-order valence-corrected chi connectivity index (χ0v) is 12.9. The Kier molecular flexibility index (Phi) is 5.89. The fraction of sp³-hybridized carbons (Fsp3) is 0.467. The van der Waals surface area contributed by atoms with Crippen LogP contribution >= 0.6 is 11.6 Å². The molecule has 1 fully saturated rings. The molecule has 0 bridgehead atoms. The van der Waals surface area contributed by atoms with Crippen molar-refractivity contribution in [2.24, 2.45) is 5.92 Å². The molecule has 0 unspecified atom stereocenters. The summed E-state index contributed by atoms with van der Waals surface area (Å²) in [6.45, 7) is 1.62. The number of hydrogen-bond acceptors (Lipinski definition) is 3. The van der Waals surface area contributed by atoms with Crippen LogP contribution in [0.3, 0.4) is 0 Å². The molecule has 7 heteroatoms. The Morgan fingerprint density at radius 3 is 2.64 bits per heavy atom. The minimum Gasteiger partial charge on any atom is -0.490 e. The van der Waals surface area contributed by atoms with Crippen LogP contribution < -0.4 is 10.1 Å². The number of ether oxygens (including phenoxy) is 1. The molecule has 1 aromatic rings. The van der Waals surface area contributed by atoms with Crippen molar-refractivity contribution >= 4 is 23.6 Å². The van der Waals surface area contributed by atoms with Crippen molar-refractivity contribution in [3.8, 4) is 5.75 Å². The van der Waals surface area contributed by atoms with Gasteiger partial charge in [0.1, 0.15) is 12.4 Å². The number of hydrogen-bond donors (Lipinski definition) is 2. The molecule has 0 spiro atoms. The van der Waals surface area contributed by atoms with Gasteiger partial charge in [-0.05, 0) is 25.0 Å². The van der Waals surface area contributed by atoms with Gasteiger partial charge < -0.3 is 20.1 Å². The third-order valence-electron chi connectivity index (χ3n) is 3.60. The van der Waals surface area contributed by atoms with Crippen molar-refractivity contribution in [1.82, 2.24) is 10.2 Å². The number of urea groups is 1. The summed E-state index contributed by atoms with van der Waals surface area (Å²) in [6, 6.07) is 6.96. The van der Waals surface area contributed by atoms with E-state index in [0.29, 0.717) is 49.9 Å². The molecule has 1 saturated heterocycles. The van der Waals surface area contributed by atoms with Gasteiger partial charge in [-0.3, -0.25) is 4.79 Å². The van der Waals surface area contributed by atoms with Crippen LogP contribution in [0.15, 0.2) is 24.3 Å². The molecule has 6 nitrogen and oxygen atoms in total. The van der Waals surface area contributed by atoms with E-state index in [0.717, 1.165) is 0 Å². The van der Waals surface area contributed by atoms with E-state index in [2.05, 4.69) is 5.32 Å². The van der Waals surface area contributed by atoms with Gasteiger partial charge in [0.05, 0.1) is 17.5 Å². The average molecular weight is 327 g/mol. The lowest BCUT2D eigenvalue weighted by molar-refractivity contribution is -0.143. The standard InChI is InChI=1S/C15H19ClN2O4/c16-12-3-1-2-4-13(12)22-10-7-17-15(21)18-8-5-11(6-9-18)14(19)20/h1-4,11H,5-10H2,(H,17,21)(H,19,20). The fourth-order valence-electron chi connectivity index (χ4n) is 2.32. The summed E-state index contributed by atoms with van der Waals surface area (Å²) in [6.07, 6.45) is 0.998. The molecule has 22 heavy (non-hydrogen) atoms. The van der Waals surface area contributed by atoms with Crippen molar-refractivity contribution in [1.29, 1.82) is 0 Å².